The number of hydrogen-bond acceptors (Lipinski definition) is 8. The second-order valence-corrected chi connectivity index (χ2v) is 6.44. The van der Waals surface area contributed by atoms with Gasteiger partial charge in [0, 0.05) is 0 Å². The Morgan fingerprint density at radius 3 is 2.69 bits per heavy atom. The first-order valence-electron chi connectivity index (χ1n) is 7.68. The van der Waals surface area contributed by atoms with Gasteiger partial charge in [-0.2, -0.15) is 0 Å². The van der Waals surface area contributed by atoms with Crippen molar-refractivity contribution in [3.05, 3.63) is 22.4 Å². The molecule has 1 aromatic rings. The van der Waals surface area contributed by atoms with E-state index in [-0.39, 0.29) is 12.1 Å². The SMILES string of the molecule is O=C(O)CO/N=C(/C(=O)NC1CC[C@@H](CC(=O)O)OB1O)c1cccs1. The quantitative estimate of drug-likeness (QED) is 0.271. The van der Waals surface area contributed by atoms with E-state index in [0.717, 1.165) is 0 Å². The molecule has 0 saturated carbocycles. The summed E-state index contributed by atoms with van der Waals surface area (Å²) in [5.74, 6) is -3.69. The fraction of sp³-hybridized carbons (Fsp3) is 0.429. The van der Waals surface area contributed by atoms with Crippen LogP contribution in [-0.4, -0.2) is 64.6 Å². The average molecular weight is 384 g/mol. The molecule has 10 nitrogen and oxygen atoms in total. The van der Waals surface area contributed by atoms with Gasteiger partial charge in [0.25, 0.3) is 5.91 Å². The van der Waals surface area contributed by atoms with Crippen molar-refractivity contribution in [2.24, 2.45) is 5.16 Å². The van der Waals surface area contributed by atoms with Crippen molar-refractivity contribution in [1.82, 2.24) is 5.32 Å². The molecule has 2 heterocycles. The largest absolute Gasteiger partial charge is 0.481 e. The van der Waals surface area contributed by atoms with E-state index in [1.54, 1.807) is 17.5 Å². The third-order valence-electron chi connectivity index (χ3n) is 3.51. The van der Waals surface area contributed by atoms with Crippen LogP contribution in [0.4, 0.5) is 0 Å². The summed E-state index contributed by atoms with van der Waals surface area (Å²) in [7, 11) is -1.36. The molecule has 1 amide bonds. The van der Waals surface area contributed by atoms with E-state index in [4.69, 9.17) is 14.9 Å². The van der Waals surface area contributed by atoms with Crippen LogP contribution in [0.3, 0.4) is 0 Å². The minimum absolute atomic E-state index is 0.124. The van der Waals surface area contributed by atoms with Gasteiger partial charge in [0.2, 0.25) is 6.61 Å². The monoisotopic (exact) mass is 384 g/mol. The maximum absolute atomic E-state index is 12.5. The number of nitrogens with one attached hydrogen (secondary N) is 1. The number of carbonyl (C=O) groups is 3. The second kappa shape index (κ2) is 9.31. The number of carboxylic acid groups (broad SMARTS) is 2. The summed E-state index contributed by atoms with van der Waals surface area (Å²) < 4.78 is 5.21. The van der Waals surface area contributed by atoms with Crippen molar-refractivity contribution in [3.8, 4) is 0 Å². The van der Waals surface area contributed by atoms with Gasteiger partial charge in [-0.1, -0.05) is 11.2 Å². The number of carbonyl (C=O) groups excluding carboxylic acids is 1. The van der Waals surface area contributed by atoms with E-state index in [2.05, 4.69) is 15.3 Å². The molecule has 1 saturated heterocycles. The Balaban J connectivity index is 2.00. The summed E-state index contributed by atoms with van der Waals surface area (Å²) in [6.45, 7) is -0.700. The number of nitrogens with zero attached hydrogens (tertiary/aromatic N) is 1. The number of carboxylic acids is 2. The lowest BCUT2D eigenvalue weighted by Crippen LogP contribution is -2.54. The molecule has 0 bridgehead atoms. The van der Waals surface area contributed by atoms with Gasteiger partial charge in [0.15, 0.2) is 5.71 Å². The van der Waals surface area contributed by atoms with Crippen LogP contribution in [0, 0.1) is 0 Å². The van der Waals surface area contributed by atoms with Gasteiger partial charge in [0.05, 0.1) is 23.3 Å². The van der Waals surface area contributed by atoms with Gasteiger partial charge >= 0.3 is 19.1 Å². The third-order valence-corrected chi connectivity index (χ3v) is 4.38. The highest BCUT2D eigenvalue weighted by atomic mass is 32.1. The number of amides is 1. The summed E-state index contributed by atoms with van der Waals surface area (Å²) in [6, 6.07) is 3.30. The molecule has 1 fully saturated rings. The van der Waals surface area contributed by atoms with E-state index in [1.807, 2.05) is 0 Å². The summed E-state index contributed by atoms with van der Waals surface area (Å²) in [5, 5.41) is 35.2. The molecule has 0 radical (unpaired) electrons. The first-order chi connectivity index (χ1) is 12.4. The molecule has 1 aliphatic heterocycles. The van der Waals surface area contributed by atoms with Gasteiger partial charge in [-0.3, -0.25) is 9.59 Å². The maximum atomic E-state index is 12.5. The number of rotatable bonds is 8. The normalized spacial score (nSPS) is 20.5. The Morgan fingerprint density at radius 2 is 2.12 bits per heavy atom. The maximum Gasteiger partial charge on any atom is 0.478 e. The fourth-order valence-electron chi connectivity index (χ4n) is 2.36. The Hall–Kier alpha value is -2.44. The highest BCUT2D eigenvalue weighted by Gasteiger charge is 2.37. The van der Waals surface area contributed by atoms with Gasteiger partial charge < -0.3 is 30.0 Å². The van der Waals surface area contributed by atoms with Crippen LogP contribution in [-0.2, 0) is 23.9 Å². The van der Waals surface area contributed by atoms with E-state index < -0.39 is 43.6 Å². The highest BCUT2D eigenvalue weighted by molar-refractivity contribution is 7.13. The molecule has 0 aromatic carbocycles. The standard InChI is InChI=1S/C14H17BN2O8S/c18-11(19)6-8-3-4-10(15(23)25-8)16-14(22)13(9-2-1-5-26-9)17-24-7-12(20)21/h1-2,5,8,10,23H,3-4,6-7H2,(H,16,22)(H,18,19)(H,20,21)/b17-13+/t8-,10?/m0/s1. The van der Waals surface area contributed by atoms with Crippen LogP contribution >= 0.6 is 11.3 Å². The van der Waals surface area contributed by atoms with Crippen LogP contribution in [0.15, 0.2) is 22.7 Å². The molecular formula is C14H17BN2O8S. The van der Waals surface area contributed by atoms with Crippen LogP contribution < -0.4 is 5.32 Å². The van der Waals surface area contributed by atoms with E-state index in [1.165, 1.54) is 11.3 Å². The van der Waals surface area contributed by atoms with Crippen molar-refractivity contribution in [3.63, 3.8) is 0 Å². The lowest BCUT2D eigenvalue weighted by molar-refractivity contribution is -0.142. The van der Waals surface area contributed by atoms with Crippen molar-refractivity contribution >= 4 is 42.0 Å². The molecule has 1 unspecified atom stereocenters. The molecule has 1 aromatic heterocycles. The molecule has 26 heavy (non-hydrogen) atoms. The lowest BCUT2D eigenvalue weighted by Gasteiger charge is -2.30. The van der Waals surface area contributed by atoms with E-state index >= 15 is 0 Å². The Bertz CT molecular complexity index is 680. The Kier molecular flexibility index (Phi) is 7.12. The highest BCUT2D eigenvalue weighted by Crippen LogP contribution is 2.19. The Labute approximate surface area is 152 Å². The molecule has 0 aliphatic carbocycles. The molecule has 1 aliphatic rings. The first kappa shape index (κ1) is 19.9. The molecule has 12 heteroatoms. The van der Waals surface area contributed by atoms with Gasteiger partial charge in [-0.15, -0.1) is 11.3 Å². The minimum Gasteiger partial charge on any atom is -0.481 e. The molecule has 2 atom stereocenters. The predicted octanol–water partition coefficient (Wildman–Crippen LogP) is -0.288. The van der Waals surface area contributed by atoms with Gasteiger partial charge in [0.1, 0.15) is 0 Å². The second-order valence-electron chi connectivity index (χ2n) is 5.49. The van der Waals surface area contributed by atoms with Crippen LogP contribution in [0.2, 0.25) is 0 Å². The van der Waals surface area contributed by atoms with Crippen LogP contribution in [0.1, 0.15) is 24.1 Å². The van der Waals surface area contributed by atoms with Gasteiger partial charge in [-0.05, 0) is 24.3 Å². The average Bonchev–Trinajstić information content (AvgIpc) is 3.07. The predicted molar refractivity (Wildman–Crippen MR) is 90.7 cm³/mol. The zero-order valence-electron chi connectivity index (χ0n) is 13.5. The van der Waals surface area contributed by atoms with Crippen molar-refractivity contribution in [1.29, 1.82) is 0 Å². The topological polar surface area (TPSA) is 155 Å². The van der Waals surface area contributed by atoms with Crippen LogP contribution in [0.25, 0.3) is 0 Å². The van der Waals surface area contributed by atoms with Crippen LogP contribution in [0.5, 0.6) is 0 Å². The molecule has 0 spiro atoms. The number of aliphatic carboxylic acids is 2. The summed E-state index contributed by atoms with van der Waals surface area (Å²) in [5.41, 5.74) is -0.124. The molecule has 2 rings (SSSR count). The fourth-order valence-corrected chi connectivity index (χ4v) is 3.06. The van der Waals surface area contributed by atoms with Gasteiger partial charge in [-0.25, -0.2) is 4.79 Å². The van der Waals surface area contributed by atoms with Crippen molar-refractivity contribution < 1.29 is 39.1 Å². The molecule has 140 valence electrons. The zero-order chi connectivity index (χ0) is 19.1. The number of oxime groups is 1. The number of hydrogen-bond donors (Lipinski definition) is 4. The summed E-state index contributed by atoms with van der Waals surface area (Å²) >= 11 is 1.21. The van der Waals surface area contributed by atoms with E-state index in [0.29, 0.717) is 17.7 Å². The lowest BCUT2D eigenvalue weighted by atomic mass is 9.72. The van der Waals surface area contributed by atoms with Crippen molar-refractivity contribution in [2.45, 2.75) is 31.3 Å². The van der Waals surface area contributed by atoms with Crippen molar-refractivity contribution in [2.75, 3.05) is 6.61 Å². The minimum atomic E-state index is -1.36. The molecule has 4 N–H and O–H groups in total. The third kappa shape index (κ3) is 5.83. The zero-order valence-corrected chi connectivity index (χ0v) is 14.3. The molecular weight excluding hydrogens is 367 g/mol. The van der Waals surface area contributed by atoms with E-state index in [9.17, 15) is 19.4 Å². The Morgan fingerprint density at radius 1 is 1.35 bits per heavy atom. The summed E-state index contributed by atoms with van der Waals surface area (Å²) in [6.07, 6.45) is -0.184. The summed E-state index contributed by atoms with van der Waals surface area (Å²) in [4.78, 5) is 38.8. The first-order valence-corrected chi connectivity index (χ1v) is 8.56. The smallest absolute Gasteiger partial charge is 0.478 e. The number of thiophene rings is 1.